The highest BCUT2D eigenvalue weighted by molar-refractivity contribution is 5.64. The van der Waals surface area contributed by atoms with Gasteiger partial charge in [-0.1, -0.05) is 37.3 Å². The Labute approximate surface area is 110 Å². The monoisotopic (exact) mass is 244 g/mol. The summed E-state index contributed by atoms with van der Waals surface area (Å²) >= 11 is 0. The molecule has 1 aliphatic rings. The number of hydrogen-bond donors (Lipinski definition) is 2. The molecule has 0 spiro atoms. The van der Waals surface area contributed by atoms with E-state index in [0.717, 1.165) is 18.9 Å². The summed E-state index contributed by atoms with van der Waals surface area (Å²) in [6.45, 7) is 7.47. The van der Waals surface area contributed by atoms with E-state index in [1.807, 2.05) is 0 Å². The molecule has 0 unspecified atom stereocenters. The van der Waals surface area contributed by atoms with E-state index in [2.05, 4.69) is 56.4 Å². The summed E-state index contributed by atoms with van der Waals surface area (Å²) in [5, 5.41) is 3.49. The van der Waals surface area contributed by atoms with Crippen LogP contribution < -0.4 is 11.1 Å². The minimum atomic E-state index is -0.140. The first kappa shape index (κ1) is 13.2. The molecule has 1 aliphatic heterocycles. The van der Waals surface area contributed by atoms with Gasteiger partial charge in [0.05, 0.1) is 0 Å². The molecule has 0 radical (unpaired) electrons. The van der Waals surface area contributed by atoms with E-state index in [0.29, 0.717) is 0 Å². The maximum absolute atomic E-state index is 6.04. The summed E-state index contributed by atoms with van der Waals surface area (Å²) < 4.78 is 0. The normalized spacial score (nSPS) is 20.2. The van der Waals surface area contributed by atoms with Gasteiger partial charge in [-0.15, -0.1) is 0 Å². The van der Waals surface area contributed by atoms with E-state index in [1.165, 1.54) is 23.2 Å². The molecule has 0 amide bonds. The molecule has 0 saturated carbocycles. The van der Waals surface area contributed by atoms with Crippen LogP contribution in [0.4, 0.5) is 0 Å². The molecule has 0 fully saturated rings. The van der Waals surface area contributed by atoms with Crippen molar-refractivity contribution in [1.82, 2.24) is 5.32 Å². The molecule has 1 heterocycles. The van der Waals surface area contributed by atoms with E-state index in [9.17, 15) is 0 Å². The van der Waals surface area contributed by atoms with E-state index in [1.54, 1.807) is 0 Å². The molecule has 0 bridgehead atoms. The first-order valence-electron chi connectivity index (χ1n) is 6.76. The molecule has 0 aromatic heterocycles. The van der Waals surface area contributed by atoms with Crippen molar-refractivity contribution in [2.24, 2.45) is 11.7 Å². The van der Waals surface area contributed by atoms with Crippen LogP contribution in [-0.4, -0.2) is 12.1 Å². The fourth-order valence-corrected chi connectivity index (χ4v) is 2.31. The Hall–Kier alpha value is -1.28. The zero-order chi connectivity index (χ0) is 13.2. The zero-order valence-corrected chi connectivity index (χ0v) is 11.7. The Balaban J connectivity index is 2.08. The number of nitrogens with one attached hydrogen (secondary N) is 1. The molecular weight excluding hydrogens is 220 g/mol. The van der Waals surface area contributed by atoms with Gasteiger partial charge in [-0.3, -0.25) is 0 Å². The molecule has 2 nitrogen and oxygen atoms in total. The van der Waals surface area contributed by atoms with Crippen LogP contribution in [0.3, 0.4) is 0 Å². The van der Waals surface area contributed by atoms with Crippen LogP contribution in [0.2, 0.25) is 0 Å². The zero-order valence-electron chi connectivity index (χ0n) is 11.7. The average molecular weight is 244 g/mol. The lowest BCUT2D eigenvalue weighted by molar-refractivity contribution is 0.516. The Morgan fingerprint density at radius 3 is 2.44 bits per heavy atom. The fraction of sp³-hybridized carbons (Fsp3) is 0.500. The molecule has 98 valence electrons. The summed E-state index contributed by atoms with van der Waals surface area (Å²) in [6, 6.07) is 8.75. The van der Waals surface area contributed by atoms with E-state index in [4.69, 9.17) is 5.73 Å². The summed E-state index contributed by atoms with van der Waals surface area (Å²) in [5.41, 5.74) is 9.75. The Morgan fingerprint density at radius 2 is 1.94 bits per heavy atom. The van der Waals surface area contributed by atoms with Crippen molar-refractivity contribution in [2.75, 3.05) is 6.54 Å². The third-order valence-electron chi connectivity index (χ3n) is 3.29. The van der Waals surface area contributed by atoms with Crippen LogP contribution in [0, 0.1) is 5.92 Å². The molecule has 2 heteroatoms. The van der Waals surface area contributed by atoms with Crippen molar-refractivity contribution in [1.29, 1.82) is 0 Å². The average Bonchev–Trinajstić information content (AvgIpc) is 2.29. The summed E-state index contributed by atoms with van der Waals surface area (Å²) in [6.07, 6.45) is 4.38. The quantitative estimate of drug-likeness (QED) is 0.858. The van der Waals surface area contributed by atoms with Gasteiger partial charge in [-0.05, 0) is 43.7 Å². The van der Waals surface area contributed by atoms with Crippen LogP contribution in [0.5, 0.6) is 0 Å². The lowest BCUT2D eigenvalue weighted by Gasteiger charge is -2.22. The van der Waals surface area contributed by atoms with Crippen molar-refractivity contribution in [3.8, 4) is 0 Å². The Kier molecular flexibility index (Phi) is 3.76. The predicted octanol–water partition coefficient (Wildman–Crippen LogP) is 2.94. The van der Waals surface area contributed by atoms with Gasteiger partial charge in [0.15, 0.2) is 0 Å². The first-order valence-corrected chi connectivity index (χ1v) is 6.76. The lowest BCUT2D eigenvalue weighted by atomic mass is 9.94. The molecular formula is C16H24N2. The van der Waals surface area contributed by atoms with Crippen molar-refractivity contribution in [2.45, 2.75) is 39.2 Å². The number of allylic oxidation sites excluding steroid dienone is 1. The van der Waals surface area contributed by atoms with Crippen molar-refractivity contribution < 1.29 is 0 Å². The molecule has 0 saturated heterocycles. The minimum absolute atomic E-state index is 0.140. The van der Waals surface area contributed by atoms with Crippen LogP contribution in [0.25, 0.3) is 5.70 Å². The third kappa shape index (κ3) is 3.61. The highest BCUT2D eigenvalue weighted by atomic mass is 14.9. The Morgan fingerprint density at radius 1 is 1.28 bits per heavy atom. The van der Waals surface area contributed by atoms with Crippen LogP contribution in [0.15, 0.2) is 30.3 Å². The van der Waals surface area contributed by atoms with E-state index < -0.39 is 0 Å². The second kappa shape index (κ2) is 5.15. The number of benzene rings is 1. The minimum Gasteiger partial charge on any atom is -0.385 e. The summed E-state index contributed by atoms with van der Waals surface area (Å²) in [5.74, 6) is 0.742. The third-order valence-corrected chi connectivity index (χ3v) is 3.29. The van der Waals surface area contributed by atoms with Crippen molar-refractivity contribution >= 4 is 5.70 Å². The lowest BCUT2D eigenvalue weighted by Crippen LogP contribution is -2.34. The number of rotatable bonds is 3. The predicted molar refractivity (Wildman–Crippen MR) is 78.2 cm³/mol. The second-order valence-corrected chi connectivity index (χ2v) is 6.20. The number of hydrogen-bond acceptors (Lipinski definition) is 2. The van der Waals surface area contributed by atoms with Crippen LogP contribution in [-0.2, 0) is 6.42 Å². The molecule has 1 atom stereocenters. The second-order valence-electron chi connectivity index (χ2n) is 6.20. The number of nitrogens with two attached hydrogens (primary N) is 1. The molecule has 1 aromatic rings. The summed E-state index contributed by atoms with van der Waals surface area (Å²) in [7, 11) is 0. The molecule has 18 heavy (non-hydrogen) atoms. The van der Waals surface area contributed by atoms with Crippen molar-refractivity contribution in [3.63, 3.8) is 0 Å². The Bertz CT molecular complexity index is 423. The van der Waals surface area contributed by atoms with Gasteiger partial charge >= 0.3 is 0 Å². The smallest absolute Gasteiger partial charge is 0.0373 e. The van der Waals surface area contributed by atoms with Gasteiger partial charge in [-0.2, -0.15) is 0 Å². The van der Waals surface area contributed by atoms with Gasteiger partial charge < -0.3 is 11.1 Å². The van der Waals surface area contributed by atoms with Gasteiger partial charge in [-0.25, -0.2) is 0 Å². The van der Waals surface area contributed by atoms with Gasteiger partial charge in [0.1, 0.15) is 0 Å². The van der Waals surface area contributed by atoms with Gasteiger partial charge in [0.2, 0.25) is 0 Å². The van der Waals surface area contributed by atoms with Gasteiger partial charge in [0, 0.05) is 17.8 Å². The van der Waals surface area contributed by atoms with Crippen molar-refractivity contribution in [3.05, 3.63) is 41.5 Å². The topological polar surface area (TPSA) is 38.0 Å². The molecule has 1 aromatic carbocycles. The highest BCUT2D eigenvalue weighted by Crippen LogP contribution is 2.20. The fourth-order valence-electron chi connectivity index (χ4n) is 2.31. The van der Waals surface area contributed by atoms with Crippen LogP contribution >= 0.6 is 0 Å². The molecule has 3 N–H and O–H groups in total. The van der Waals surface area contributed by atoms with Gasteiger partial charge in [0.25, 0.3) is 0 Å². The molecule has 2 rings (SSSR count). The summed E-state index contributed by atoms with van der Waals surface area (Å²) in [4.78, 5) is 0. The maximum Gasteiger partial charge on any atom is 0.0373 e. The van der Waals surface area contributed by atoms with Crippen LogP contribution in [0.1, 0.15) is 38.3 Å². The van der Waals surface area contributed by atoms with E-state index >= 15 is 0 Å². The maximum atomic E-state index is 6.04. The molecule has 0 aliphatic carbocycles. The largest absolute Gasteiger partial charge is 0.385 e. The first-order chi connectivity index (χ1) is 8.44. The standard InChI is InChI=1S/C16H24N2/c1-12-4-9-15(18-11-12)14-7-5-13(6-8-14)10-16(2,3)17/h5-9,12,18H,4,10-11,17H2,1-3H3/t12-/m0/s1. The highest BCUT2D eigenvalue weighted by Gasteiger charge is 2.13. The SMILES string of the molecule is C[C@H]1CC=C(c2ccc(CC(C)(C)N)cc2)NC1. The van der Waals surface area contributed by atoms with E-state index in [-0.39, 0.29) is 5.54 Å².